The van der Waals surface area contributed by atoms with E-state index in [2.05, 4.69) is 48.8 Å². The van der Waals surface area contributed by atoms with Gasteiger partial charge in [-0.25, -0.2) is 23.8 Å². The van der Waals surface area contributed by atoms with Gasteiger partial charge in [-0.1, -0.05) is 18.7 Å². The highest BCUT2D eigenvalue weighted by molar-refractivity contribution is 6.02. The maximum Gasteiger partial charge on any atom is 0.247 e. The summed E-state index contributed by atoms with van der Waals surface area (Å²) in [6, 6.07) is 18.0. The molecule has 1 aliphatic carbocycles. The van der Waals surface area contributed by atoms with E-state index in [0.29, 0.717) is 70.6 Å². The molecular formula is C42H48F2N8O3. The molecule has 4 aliphatic rings. The Bertz CT molecular complexity index is 2040. The zero-order chi connectivity index (χ0) is 38.1. The minimum absolute atomic E-state index is 0.311. The van der Waals surface area contributed by atoms with Crippen LogP contribution < -0.4 is 25.3 Å². The second kappa shape index (κ2) is 15.9. The highest BCUT2D eigenvalue weighted by Crippen LogP contribution is 2.41. The van der Waals surface area contributed by atoms with Gasteiger partial charge in [0.15, 0.2) is 5.82 Å². The maximum absolute atomic E-state index is 15.0. The highest BCUT2D eigenvalue weighted by atomic mass is 19.1. The zero-order valence-electron chi connectivity index (χ0n) is 31.4. The van der Waals surface area contributed by atoms with Crippen LogP contribution in [0.25, 0.3) is 11.1 Å². The van der Waals surface area contributed by atoms with Gasteiger partial charge in [-0.15, -0.1) is 0 Å². The van der Waals surface area contributed by atoms with E-state index < -0.39 is 5.82 Å². The van der Waals surface area contributed by atoms with Crippen molar-refractivity contribution in [1.29, 1.82) is 0 Å². The predicted octanol–water partition coefficient (Wildman–Crippen LogP) is 7.32. The molecule has 2 atom stereocenters. The van der Waals surface area contributed by atoms with Crippen molar-refractivity contribution in [3.63, 3.8) is 0 Å². The summed E-state index contributed by atoms with van der Waals surface area (Å²) in [5.74, 6) is 0.388. The maximum atomic E-state index is 15.0. The molecule has 55 heavy (non-hydrogen) atoms. The molecule has 8 rings (SSSR count). The lowest BCUT2D eigenvalue weighted by Gasteiger charge is -2.46. The number of ether oxygens (including phenoxy) is 1. The molecule has 4 fully saturated rings. The van der Waals surface area contributed by atoms with Crippen LogP contribution in [-0.4, -0.2) is 90.2 Å². The molecule has 3 aromatic carbocycles. The molecule has 0 spiro atoms. The van der Waals surface area contributed by atoms with Crippen molar-refractivity contribution in [2.24, 2.45) is 0 Å². The van der Waals surface area contributed by atoms with Crippen molar-refractivity contribution in [2.45, 2.75) is 63.2 Å². The number of benzene rings is 3. The Morgan fingerprint density at radius 1 is 0.909 bits per heavy atom. The summed E-state index contributed by atoms with van der Waals surface area (Å²) in [6.07, 6.45) is 8.06. The number of piperidine rings is 1. The number of hydrogen-bond donors (Lipinski definition) is 2. The number of hydroxylamine groups is 1. The minimum atomic E-state index is -0.426. The van der Waals surface area contributed by atoms with E-state index in [1.807, 2.05) is 18.2 Å². The fourth-order valence-electron chi connectivity index (χ4n) is 8.44. The first-order valence-electron chi connectivity index (χ1n) is 19.2. The lowest BCUT2D eigenvalue weighted by molar-refractivity contribution is -0.111. The van der Waals surface area contributed by atoms with Crippen molar-refractivity contribution >= 4 is 34.6 Å². The fourth-order valence-corrected chi connectivity index (χ4v) is 8.44. The molecule has 11 nitrogen and oxygen atoms in total. The third kappa shape index (κ3) is 8.14. The molecule has 13 heteroatoms. The SMILES string of the molecule is C=CC(=O)Nc1cc(Nc2cc(N3OCC[C@@H]3c3cc(F)cc(-c4cccc(F)c4)c3)ncn2)c(OC)cc1N1CCC(N2CCN(C3CC3)[C@@H](C)C2)CC1. The monoisotopic (exact) mass is 750 g/mol. The number of rotatable bonds is 11. The van der Waals surface area contributed by atoms with Gasteiger partial charge >= 0.3 is 0 Å². The second-order valence-electron chi connectivity index (χ2n) is 14.9. The van der Waals surface area contributed by atoms with Crippen LogP contribution in [-0.2, 0) is 9.63 Å². The van der Waals surface area contributed by atoms with Gasteiger partial charge in [-0.05, 0) is 91.8 Å². The average molecular weight is 751 g/mol. The van der Waals surface area contributed by atoms with Crippen molar-refractivity contribution in [3.8, 4) is 16.9 Å². The van der Waals surface area contributed by atoms with Crippen LogP contribution in [0.1, 0.15) is 50.6 Å². The first kappa shape index (κ1) is 36.8. The number of piperazine rings is 1. The summed E-state index contributed by atoms with van der Waals surface area (Å²) in [5, 5.41) is 8.03. The van der Waals surface area contributed by atoms with E-state index in [9.17, 15) is 13.6 Å². The molecule has 3 aliphatic heterocycles. The van der Waals surface area contributed by atoms with Gasteiger partial charge in [0.25, 0.3) is 0 Å². The summed E-state index contributed by atoms with van der Waals surface area (Å²) in [5.41, 5.74) is 3.95. The van der Waals surface area contributed by atoms with Crippen LogP contribution in [0.3, 0.4) is 0 Å². The Labute approximate surface area is 320 Å². The lowest BCUT2D eigenvalue weighted by atomic mass is 9.97. The smallest absolute Gasteiger partial charge is 0.247 e. The summed E-state index contributed by atoms with van der Waals surface area (Å²) >= 11 is 0. The van der Waals surface area contributed by atoms with E-state index in [0.717, 1.165) is 57.3 Å². The number of amides is 1. The van der Waals surface area contributed by atoms with E-state index >= 15 is 0 Å². The number of nitrogens with zero attached hydrogens (tertiary/aromatic N) is 6. The molecular weight excluding hydrogens is 703 g/mol. The van der Waals surface area contributed by atoms with Crippen LogP contribution in [0.2, 0.25) is 0 Å². The largest absolute Gasteiger partial charge is 0.494 e. The summed E-state index contributed by atoms with van der Waals surface area (Å²) in [6.45, 7) is 11.6. The number of carbonyl (C=O) groups excluding carboxylic acids is 1. The number of methoxy groups -OCH3 is 1. The number of carbonyl (C=O) groups is 1. The number of anilines is 5. The van der Waals surface area contributed by atoms with Gasteiger partial charge < -0.3 is 20.3 Å². The zero-order valence-corrected chi connectivity index (χ0v) is 31.4. The molecule has 3 saturated heterocycles. The van der Waals surface area contributed by atoms with E-state index in [-0.39, 0.29) is 17.8 Å². The highest BCUT2D eigenvalue weighted by Gasteiger charge is 2.38. The van der Waals surface area contributed by atoms with Crippen LogP contribution in [0.4, 0.5) is 37.5 Å². The molecule has 0 bridgehead atoms. The van der Waals surface area contributed by atoms with E-state index in [1.54, 1.807) is 30.4 Å². The number of aromatic nitrogens is 2. The fraction of sp³-hybridized carbons (Fsp3) is 0.405. The first-order chi connectivity index (χ1) is 26.8. The lowest BCUT2D eigenvalue weighted by Crippen LogP contribution is -2.57. The van der Waals surface area contributed by atoms with E-state index in [1.165, 1.54) is 49.5 Å². The summed E-state index contributed by atoms with van der Waals surface area (Å²) in [7, 11) is 1.62. The molecule has 1 amide bonds. The van der Waals surface area contributed by atoms with Crippen molar-refractivity contribution in [2.75, 3.05) is 67.0 Å². The first-order valence-corrected chi connectivity index (χ1v) is 19.2. The Hall–Kier alpha value is -5.11. The molecule has 1 saturated carbocycles. The Kier molecular flexibility index (Phi) is 10.7. The van der Waals surface area contributed by atoms with Gasteiger partial charge in [0.1, 0.15) is 29.5 Å². The summed E-state index contributed by atoms with van der Waals surface area (Å²) in [4.78, 5) is 35.4. The van der Waals surface area contributed by atoms with Gasteiger partial charge in [-0.3, -0.25) is 19.4 Å². The van der Waals surface area contributed by atoms with Gasteiger partial charge in [-0.2, -0.15) is 0 Å². The Morgan fingerprint density at radius 2 is 1.73 bits per heavy atom. The molecule has 1 aromatic heterocycles. The average Bonchev–Trinajstić information content (AvgIpc) is 3.92. The number of nitrogens with one attached hydrogen (secondary N) is 2. The van der Waals surface area contributed by atoms with Gasteiger partial charge in [0.2, 0.25) is 5.91 Å². The van der Waals surface area contributed by atoms with Gasteiger partial charge in [0, 0.05) is 69.4 Å². The van der Waals surface area contributed by atoms with E-state index in [4.69, 9.17) is 9.57 Å². The molecule has 2 N–H and O–H groups in total. The van der Waals surface area contributed by atoms with Gasteiger partial charge in [0.05, 0.1) is 36.8 Å². The molecule has 0 radical (unpaired) electrons. The number of halogens is 2. The van der Waals surface area contributed by atoms with Crippen LogP contribution in [0.15, 0.2) is 79.6 Å². The van der Waals surface area contributed by atoms with Crippen molar-refractivity contribution < 1.29 is 23.1 Å². The molecule has 0 unspecified atom stereocenters. The van der Waals surface area contributed by atoms with Crippen LogP contribution in [0.5, 0.6) is 5.75 Å². The Balaban J connectivity index is 1.00. The second-order valence-corrected chi connectivity index (χ2v) is 14.9. The Morgan fingerprint density at radius 3 is 2.47 bits per heavy atom. The van der Waals surface area contributed by atoms with Crippen molar-refractivity contribution in [1.82, 2.24) is 19.8 Å². The standard InChI is InChI=1S/C42H48F2N8O3/c1-4-42(53)48-35-22-36(39(54-3)23-38(35)49-13-10-33(11-14-49)50-15-16-51(27(2)25-50)34-8-9-34)47-40-24-41(46-26-45-40)52-37(12-17-55-52)30-18-29(20-32(44)21-30)28-6-5-7-31(43)19-28/h4-7,18-24,26-27,33-34,37H,1,8-17,25H2,2-3H3,(H,48,53)(H,45,46,47)/t27-,37+/m0/s1. The normalized spacial score (nSPS) is 21.1. The van der Waals surface area contributed by atoms with Crippen molar-refractivity contribution in [3.05, 3.63) is 96.8 Å². The van der Waals surface area contributed by atoms with Crippen LogP contribution in [0, 0.1) is 11.6 Å². The quantitative estimate of drug-likeness (QED) is 0.152. The molecule has 288 valence electrons. The predicted molar refractivity (Wildman–Crippen MR) is 211 cm³/mol. The topological polar surface area (TPSA) is 98.3 Å². The number of hydrogen-bond acceptors (Lipinski definition) is 10. The van der Waals surface area contributed by atoms with Crippen LogP contribution >= 0.6 is 0 Å². The molecule has 4 aromatic rings. The summed E-state index contributed by atoms with van der Waals surface area (Å²) < 4.78 is 34.9. The third-order valence-corrected chi connectivity index (χ3v) is 11.3. The molecule has 4 heterocycles. The third-order valence-electron chi connectivity index (χ3n) is 11.3. The minimum Gasteiger partial charge on any atom is -0.494 e.